The number of aryl methyl sites for hydroxylation is 2. The van der Waals surface area contributed by atoms with Crippen LogP contribution in [-0.4, -0.2) is 51.1 Å². The zero-order chi connectivity index (χ0) is 18.8. The van der Waals surface area contributed by atoms with Crippen LogP contribution in [0, 0.1) is 12.8 Å². The standard InChI is InChI=1S/C18H28N6O2/c1-6-14-20-11(4)16(21-14)12-8-24(5)9-13(12)18(25)19-7-15-22-17(10(2)3)23-26-15/h10,12-13H,6-9H2,1-5H3,(H,19,25)(H,20,21)/t12-,13-/m1/s1. The van der Waals surface area contributed by atoms with E-state index in [0.717, 1.165) is 30.2 Å². The number of likely N-dealkylation sites (tertiary alicyclic amines) is 1. The monoisotopic (exact) mass is 360 g/mol. The highest BCUT2D eigenvalue weighted by atomic mass is 16.5. The fourth-order valence-electron chi connectivity index (χ4n) is 3.48. The van der Waals surface area contributed by atoms with E-state index < -0.39 is 0 Å². The summed E-state index contributed by atoms with van der Waals surface area (Å²) in [5, 5.41) is 6.88. The van der Waals surface area contributed by atoms with E-state index in [2.05, 4.69) is 32.3 Å². The molecule has 1 saturated heterocycles. The molecule has 8 nitrogen and oxygen atoms in total. The van der Waals surface area contributed by atoms with Gasteiger partial charge >= 0.3 is 0 Å². The van der Waals surface area contributed by atoms with Gasteiger partial charge in [-0.3, -0.25) is 4.79 Å². The number of nitrogens with one attached hydrogen (secondary N) is 2. The zero-order valence-electron chi connectivity index (χ0n) is 16.2. The summed E-state index contributed by atoms with van der Waals surface area (Å²) in [4.78, 5) is 27.3. The van der Waals surface area contributed by atoms with Crippen LogP contribution in [0.3, 0.4) is 0 Å². The summed E-state index contributed by atoms with van der Waals surface area (Å²) in [6.45, 7) is 9.90. The average molecular weight is 360 g/mol. The van der Waals surface area contributed by atoms with Crippen LogP contribution in [0.15, 0.2) is 4.52 Å². The van der Waals surface area contributed by atoms with Crippen LogP contribution in [0.4, 0.5) is 0 Å². The smallest absolute Gasteiger partial charge is 0.246 e. The predicted octanol–water partition coefficient (Wildman–Crippen LogP) is 1.75. The Morgan fingerprint density at radius 1 is 1.38 bits per heavy atom. The first-order valence-corrected chi connectivity index (χ1v) is 9.23. The topological polar surface area (TPSA) is 99.9 Å². The molecular formula is C18H28N6O2. The van der Waals surface area contributed by atoms with Crippen molar-refractivity contribution in [3.63, 3.8) is 0 Å². The van der Waals surface area contributed by atoms with Gasteiger partial charge in [0.2, 0.25) is 11.8 Å². The second kappa shape index (κ2) is 7.57. The first-order valence-electron chi connectivity index (χ1n) is 9.23. The number of nitrogens with zero attached hydrogens (tertiary/aromatic N) is 4. The molecule has 3 heterocycles. The van der Waals surface area contributed by atoms with E-state index in [4.69, 9.17) is 9.51 Å². The maximum absolute atomic E-state index is 12.8. The van der Waals surface area contributed by atoms with Gasteiger partial charge in [0.05, 0.1) is 18.2 Å². The minimum atomic E-state index is -0.140. The van der Waals surface area contributed by atoms with Crippen molar-refractivity contribution in [1.29, 1.82) is 0 Å². The number of carbonyl (C=O) groups excluding carboxylic acids is 1. The number of H-pyrrole nitrogens is 1. The maximum Gasteiger partial charge on any atom is 0.246 e. The van der Waals surface area contributed by atoms with Gasteiger partial charge in [-0.2, -0.15) is 4.98 Å². The van der Waals surface area contributed by atoms with Gasteiger partial charge in [-0.25, -0.2) is 4.98 Å². The lowest BCUT2D eigenvalue weighted by Crippen LogP contribution is -2.34. The van der Waals surface area contributed by atoms with Crippen molar-refractivity contribution >= 4 is 5.91 Å². The van der Waals surface area contributed by atoms with Crippen molar-refractivity contribution in [3.8, 4) is 0 Å². The second-order valence-corrected chi connectivity index (χ2v) is 7.40. The fraction of sp³-hybridized carbons (Fsp3) is 0.667. The van der Waals surface area contributed by atoms with Crippen molar-refractivity contribution in [1.82, 2.24) is 30.3 Å². The number of likely N-dealkylation sites (N-methyl/N-ethyl adjacent to an activating group) is 1. The summed E-state index contributed by atoms with van der Waals surface area (Å²) in [6, 6.07) is 0. The molecule has 0 unspecified atom stereocenters. The SMILES string of the molecule is CCc1nc([C@@H]2CN(C)C[C@H]2C(=O)NCc2nc(C(C)C)no2)c(C)[nH]1. The highest BCUT2D eigenvalue weighted by molar-refractivity contribution is 5.80. The van der Waals surface area contributed by atoms with Crippen LogP contribution in [-0.2, 0) is 17.8 Å². The van der Waals surface area contributed by atoms with Crippen molar-refractivity contribution in [2.75, 3.05) is 20.1 Å². The number of hydrogen-bond donors (Lipinski definition) is 2. The molecule has 0 radical (unpaired) electrons. The van der Waals surface area contributed by atoms with Gasteiger partial charge in [0.25, 0.3) is 0 Å². The molecule has 1 aliphatic rings. The third-order valence-corrected chi connectivity index (χ3v) is 4.91. The van der Waals surface area contributed by atoms with Gasteiger partial charge in [-0.05, 0) is 14.0 Å². The zero-order valence-corrected chi connectivity index (χ0v) is 16.2. The number of amides is 1. The molecule has 2 aromatic heterocycles. The minimum absolute atomic E-state index is 0.00379. The molecule has 1 aliphatic heterocycles. The molecule has 1 fully saturated rings. The Bertz CT molecular complexity index is 766. The van der Waals surface area contributed by atoms with E-state index >= 15 is 0 Å². The molecule has 8 heteroatoms. The number of carbonyl (C=O) groups is 1. The highest BCUT2D eigenvalue weighted by Crippen LogP contribution is 2.33. The van der Waals surface area contributed by atoms with E-state index in [1.165, 1.54) is 0 Å². The average Bonchev–Trinajstić information content (AvgIpc) is 3.30. The van der Waals surface area contributed by atoms with Gasteiger partial charge in [-0.15, -0.1) is 0 Å². The van der Waals surface area contributed by atoms with E-state index in [1.807, 2.05) is 27.8 Å². The van der Waals surface area contributed by atoms with Gasteiger partial charge in [0.1, 0.15) is 5.82 Å². The first kappa shape index (κ1) is 18.6. The molecule has 0 saturated carbocycles. The lowest BCUT2D eigenvalue weighted by molar-refractivity contribution is -0.125. The van der Waals surface area contributed by atoms with Gasteiger partial charge in [-0.1, -0.05) is 25.9 Å². The van der Waals surface area contributed by atoms with Crippen LogP contribution < -0.4 is 5.32 Å². The van der Waals surface area contributed by atoms with Crippen LogP contribution in [0.1, 0.15) is 61.5 Å². The van der Waals surface area contributed by atoms with Crippen LogP contribution in [0.5, 0.6) is 0 Å². The third kappa shape index (κ3) is 3.80. The highest BCUT2D eigenvalue weighted by Gasteiger charge is 2.39. The summed E-state index contributed by atoms with van der Waals surface area (Å²) in [6.07, 6.45) is 0.857. The lowest BCUT2D eigenvalue weighted by Gasteiger charge is -2.16. The normalized spacial score (nSPS) is 20.8. The molecule has 0 aliphatic carbocycles. The molecule has 2 atom stereocenters. The van der Waals surface area contributed by atoms with E-state index in [9.17, 15) is 4.79 Å². The molecule has 2 N–H and O–H groups in total. The van der Waals surface area contributed by atoms with E-state index in [1.54, 1.807) is 0 Å². The van der Waals surface area contributed by atoms with Crippen molar-refractivity contribution in [3.05, 3.63) is 28.9 Å². The summed E-state index contributed by atoms with van der Waals surface area (Å²) in [7, 11) is 2.04. The number of hydrogen-bond acceptors (Lipinski definition) is 6. The molecule has 0 aromatic carbocycles. The number of rotatable bonds is 6. The molecule has 0 spiro atoms. The van der Waals surface area contributed by atoms with Gasteiger partial charge in [0.15, 0.2) is 5.82 Å². The predicted molar refractivity (Wildman–Crippen MR) is 96.7 cm³/mol. The van der Waals surface area contributed by atoms with Crippen molar-refractivity contribution in [2.24, 2.45) is 5.92 Å². The summed E-state index contributed by atoms with van der Waals surface area (Å²) < 4.78 is 5.20. The largest absolute Gasteiger partial charge is 0.347 e. The summed E-state index contributed by atoms with van der Waals surface area (Å²) in [5.41, 5.74) is 2.06. The Morgan fingerprint density at radius 2 is 2.15 bits per heavy atom. The van der Waals surface area contributed by atoms with Crippen LogP contribution >= 0.6 is 0 Å². The van der Waals surface area contributed by atoms with Gasteiger partial charge < -0.3 is 19.7 Å². The Labute approximate surface area is 153 Å². The fourth-order valence-corrected chi connectivity index (χ4v) is 3.48. The Balaban J connectivity index is 1.69. The number of imidazole rings is 1. The van der Waals surface area contributed by atoms with Crippen molar-refractivity contribution in [2.45, 2.75) is 52.5 Å². The third-order valence-electron chi connectivity index (χ3n) is 4.91. The summed E-state index contributed by atoms with van der Waals surface area (Å²) >= 11 is 0. The molecule has 1 amide bonds. The molecule has 2 aromatic rings. The molecule has 26 heavy (non-hydrogen) atoms. The Kier molecular flexibility index (Phi) is 5.41. The molecule has 0 bridgehead atoms. The minimum Gasteiger partial charge on any atom is -0.347 e. The molecule has 142 valence electrons. The van der Waals surface area contributed by atoms with Gasteiger partial charge in [0, 0.05) is 37.0 Å². The summed E-state index contributed by atoms with van der Waals surface area (Å²) in [5.74, 6) is 2.22. The Morgan fingerprint density at radius 3 is 2.77 bits per heavy atom. The van der Waals surface area contributed by atoms with Crippen LogP contribution in [0.2, 0.25) is 0 Å². The van der Waals surface area contributed by atoms with Crippen LogP contribution in [0.25, 0.3) is 0 Å². The molecule has 3 rings (SSSR count). The quantitative estimate of drug-likeness (QED) is 0.814. The maximum atomic E-state index is 12.8. The number of aromatic amines is 1. The number of aromatic nitrogens is 4. The van der Waals surface area contributed by atoms with E-state index in [0.29, 0.717) is 18.3 Å². The Hall–Kier alpha value is -2.22. The second-order valence-electron chi connectivity index (χ2n) is 7.40. The lowest BCUT2D eigenvalue weighted by atomic mass is 9.91. The van der Waals surface area contributed by atoms with E-state index in [-0.39, 0.29) is 30.2 Å². The molecular weight excluding hydrogens is 332 g/mol. The first-order chi connectivity index (χ1) is 12.4. The van der Waals surface area contributed by atoms with Crippen molar-refractivity contribution < 1.29 is 9.32 Å².